The lowest BCUT2D eigenvalue weighted by molar-refractivity contribution is 0.0719. The predicted octanol–water partition coefficient (Wildman–Crippen LogP) is 4.10. The van der Waals surface area contributed by atoms with E-state index in [0.717, 1.165) is 77.1 Å². The van der Waals surface area contributed by atoms with Gasteiger partial charge in [-0.25, -0.2) is 4.98 Å². The number of carbonyl (C=O) groups is 1. The van der Waals surface area contributed by atoms with Gasteiger partial charge in [0.2, 0.25) is 0 Å². The van der Waals surface area contributed by atoms with Crippen LogP contribution in [0, 0.1) is 6.92 Å². The van der Waals surface area contributed by atoms with Gasteiger partial charge in [-0.05, 0) is 51.7 Å². The van der Waals surface area contributed by atoms with Crippen LogP contribution in [0.1, 0.15) is 48.8 Å². The summed E-state index contributed by atoms with van der Waals surface area (Å²) in [6.07, 6.45) is 6.39. The average Bonchev–Trinajstić information content (AvgIpc) is 3.68. The molecule has 3 heterocycles. The number of carbonyl (C=O) groups excluding carboxylic acids is 1. The first kappa shape index (κ1) is 19.4. The van der Waals surface area contributed by atoms with E-state index in [1.165, 1.54) is 0 Å². The molecule has 2 fully saturated rings. The number of rotatable bonds is 6. The van der Waals surface area contributed by atoms with Gasteiger partial charge in [0.15, 0.2) is 5.82 Å². The molecule has 0 radical (unpaired) electrons. The number of aryl methyl sites for hydroxylation is 4. The van der Waals surface area contributed by atoms with Crippen LogP contribution in [0.3, 0.4) is 0 Å². The van der Waals surface area contributed by atoms with Crippen molar-refractivity contribution in [1.82, 2.24) is 28.8 Å². The summed E-state index contributed by atoms with van der Waals surface area (Å²) < 4.78 is 6.06. The van der Waals surface area contributed by atoms with Gasteiger partial charge in [0.25, 0.3) is 5.91 Å². The molecule has 0 atom stereocenters. The van der Waals surface area contributed by atoms with Crippen LogP contribution in [-0.2, 0) is 20.6 Å². The summed E-state index contributed by atoms with van der Waals surface area (Å²) in [7, 11) is 3.95. The molecule has 1 aromatic carbocycles. The van der Waals surface area contributed by atoms with Crippen molar-refractivity contribution in [2.75, 3.05) is 5.32 Å². The molecule has 0 unspecified atom stereocenters. The molecule has 1 amide bonds. The number of nitrogens with zero attached hydrogens (tertiary/aromatic N) is 6. The molecule has 0 saturated heterocycles. The van der Waals surface area contributed by atoms with E-state index in [1.807, 2.05) is 42.7 Å². The van der Waals surface area contributed by atoms with Crippen LogP contribution in [0.2, 0.25) is 0 Å². The first-order chi connectivity index (χ1) is 15.5. The van der Waals surface area contributed by atoms with Gasteiger partial charge in [0.05, 0.1) is 23.0 Å². The molecule has 2 aliphatic carbocycles. The maximum atomic E-state index is 13.7. The summed E-state index contributed by atoms with van der Waals surface area (Å²) in [5, 5.41) is 9.09. The molecule has 2 saturated carbocycles. The number of amides is 1. The molecule has 0 spiro atoms. The van der Waals surface area contributed by atoms with Crippen molar-refractivity contribution < 1.29 is 4.79 Å². The zero-order valence-corrected chi connectivity index (χ0v) is 19.1. The van der Waals surface area contributed by atoms with Crippen molar-refractivity contribution in [2.24, 2.45) is 14.1 Å². The molecule has 2 aliphatic rings. The van der Waals surface area contributed by atoms with Crippen molar-refractivity contribution in [3.05, 3.63) is 35.9 Å². The number of aromatic nitrogens is 5. The van der Waals surface area contributed by atoms with Crippen molar-refractivity contribution in [1.29, 1.82) is 0 Å². The molecule has 6 rings (SSSR count). The summed E-state index contributed by atoms with van der Waals surface area (Å²) in [5.41, 5.74) is 5.73. The van der Waals surface area contributed by atoms with Crippen molar-refractivity contribution in [3.63, 3.8) is 0 Å². The maximum absolute atomic E-state index is 13.7. The number of benzene rings is 1. The van der Waals surface area contributed by atoms with Crippen LogP contribution in [0.15, 0.2) is 24.5 Å². The Morgan fingerprint density at radius 1 is 1.16 bits per heavy atom. The summed E-state index contributed by atoms with van der Waals surface area (Å²) in [6.45, 7) is 4.88. The Balaban J connectivity index is 1.52. The monoisotopic (exact) mass is 431 g/mol. The van der Waals surface area contributed by atoms with E-state index in [0.29, 0.717) is 12.1 Å². The van der Waals surface area contributed by atoms with Gasteiger partial charge < -0.3 is 19.4 Å². The van der Waals surface area contributed by atoms with Crippen LogP contribution in [-0.4, -0.2) is 46.8 Å². The molecule has 4 aromatic rings. The Morgan fingerprint density at radius 2 is 1.88 bits per heavy atom. The van der Waals surface area contributed by atoms with Crippen LogP contribution in [0.5, 0.6) is 0 Å². The number of hydrogen-bond acceptors (Lipinski definition) is 4. The normalized spacial score (nSPS) is 16.2. The minimum absolute atomic E-state index is 0.179. The van der Waals surface area contributed by atoms with Gasteiger partial charge in [-0.2, -0.15) is 5.10 Å². The highest BCUT2D eigenvalue weighted by atomic mass is 16.2. The lowest BCUT2D eigenvalue weighted by Crippen LogP contribution is -2.36. The SMILES string of the molecule is CCn1c(C(=O)N(C2CC2)C2CC2)cc2c3c(ncn3C)c(Nc3cc(C)n(C)n3)cc21. The largest absolute Gasteiger partial charge is 0.337 e. The second-order valence-electron chi connectivity index (χ2n) is 9.28. The highest BCUT2D eigenvalue weighted by molar-refractivity contribution is 6.12. The van der Waals surface area contributed by atoms with Gasteiger partial charge in [-0.15, -0.1) is 0 Å². The van der Waals surface area contributed by atoms with Crippen molar-refractivity contribution in [3.8, 4) is 0 Å². The van der Waals surface area contributed by atoms with E-state index in [-0.39, 0.29) is 5.91 Å². The maximum Gasteiger partial charge on any atom is 0.271 e. The summed E-state index contributed by atoms with van der Waals surface area (Å²) in [6, 6.07) is 7.08. The fraction of sp³-hybridized carbons (Fsp3) is 0.458. The van der Waals surface area contributed by atoms with E-state index in [1.54, 1.807) is 0 Å². The third-order valence-corrected chi connectivity index (χ3v) is 6.89. The number of hydrogen-bond donors (Lipinski definition) is 1. The molecule has 1 N–H and O–H groups in total. The number of anilines is 2. The molecule has 32 heavy (non-hydrogen) atoms. The fourth-order valence-corrected chi connectivity index (χ4v) is 4.90. The van der Waals surface area contributed by atoms with E-state index in [9.17, 15) is 4.79 Å². The number of fused-ring (bicyclic) bond motifs is 3. The van der Waals surface area contributed by atoms with Gasteiger partial charge in [-0.3, -0.25) is 9.48 Å². The highest BCUT2D eigenvalue weighted by Crippen LogP contribution is 2.40. The zero-order chi connectivity index (χ0) is 22.1. The van der Waals surface area contributed by atoms with E-state index >= 15 is 0 Å². The van der Waals surface area contributed by atoms with Crippen molar-refractivity contribution in [2.45, 2.75) is 58.2 Å². The first-order valence-corrected chi connectivity index (χ1v) is 11.5. The predicted molar refractivity (Wildman–Crippen MR) is 125 cm³/mol. The summed E-state index contributed by atoms with van der Waals surface area (Å²) >= 11 is 0. The van der Waals surface area contributed by atoms with Gasteiger partial charge in [0, 0.05) is 49.9 Å². The van der Waals surface area contributed by atoms with Gasteiger partial charge >= 0.3 is 0 Å². The molecule has 3 aromatic heterocycles. The standard InChI is InChI=1S/C24H29N7O/c1-5-30-19-12-18(26-21-10-14(2)29(4)27-21)22-23(28(3)13-25-22)17(19)11-20(30)24(32)31(15-6-7-15)16-8-9-16/h10-13,15-16H,5-9H2,1-4H3,(H,26,27). The van der Waals surface area contributed by atoms with Crippen LogP contribution in [0.4, 0.5) is 11.5 Å². The summed E-state index contributed by atoms with van der Waals surface area (Å²) in [4.78, 5) is 20.5. The smallest absolute Gasteiger partial charge is 0.271 e. The number of nitrogens with one attached hydrogen (secondary N) is 1. The first-order valence-electron chi connectivity index (χ1n) is 11.5. The second kappa shape index (κ2) is 6.85. The van der Waals surface area contributed by atoms with Gasteiger partial charge in [-0.1, -0.05) is 0 Å². The molecule has 0 bridgehead atoms. The van der Waals surface area contributed by atoms with Crippen LogP contribution < -0.4 is 5.32 Å². The number of imidazole rings is 1. The van der Waals surface area contributed by atoms with E-state index in [4.69, 9.17) is 0 Å². The Labute approximate surface area is 186 Å². The lowest BCUT2D eigenvalue weighted by Gasteiger charge is -2.22. The lowest BCUT2D eigenvalue weighted by atomic mass is 10.1. The Bertz CT molecular complexity index is 1330. The minimum Gasteiger partial charge on any atom is -0.337 e. The van der Waals surface area contributed by atoms with E-state index < -0.39 is 0 Å². The second-order valence-corrected chi connectivity index (χ2v) is 9.28. The van der Waals surface area contributed by atoms with Crippen LogP contribution in [0.25, 0.3) is 21.9 Å². The molecular weight excluding hydrogens is 402 g/mol. The molecule has 0 aliphatic heterocycles. The molecule has 166 valence electrons. The highest BCUT2D eigenvalue weighted by Gasteiger charge is 2.43. The average molecular weight is 432 g/mol. The van der Waals surface area contributed by atoms with E-state index in [2.05, 4.69) is 43.9 Å². The Kier molecular flexibility index (Phi) is 4.15. The van der Waals surface area contributed by atoms with Crippen LogP contribution >= 0.6 is 0 Å². The topological polar surface area (TPSA) is 72.9 Å². The molecular formula is C24H29N7O. The fourth-order valence-electron chi connectivity index (χ4n) is 4.90. The quantitative estimate of drug-likeness (QED) is 0.499. The summed E-state index contributed by atoms with van der Waals surface area (Å²) in [5.74, 6) is 0.967. The minimum atomic E-state index is 0.179. The zero-order valence-electron chi connectivity index (χ0n) is 19.1. The Morgan fingerprint density at radius 3 is 2.47 bits per heavy atom. The molecule has 8 nitrogen and oxygen atoms in total. The molecule has 8 heteroatoms. The third kappa shape index (κ3) is 2.92. The Hall–Kier alpha value is -3.29. The van der Waals surface area contributed by atoms with Crippen molar-refractivity contribution >= 4 is 39.3 Å². The van der Waals surface area contributed by atoms with Gasteiger partial charge in [0.1, 0.15) is 11.2 Å². The third-order valence-electron chi connectivity index (χ3n) is 6.89.